The zero-order valence-corrected chi connectivity index (χ0v) is 9.32. The molecule has 16 heavy (non-hydrogen) atoms. The van der Waals surface area contributed by atoms with Crippen LogP contribution in [0.25, 0.3) is 11.0 Å². The molecule has 0 radical (unpaired) electrons. The van der Waals surface area contributed by atoms with E-state index in [2.05, 4.69) is 14.5 Å². The van der Waals surface area contributed by atoms with Gasteiger partial charge in [-0.25, -0.2) is 4.98 Å². The first-order valence-corrected chi connectivity index (χ1v) is 5.93. The first kappa shape index (κ1) is 9.78. The highest BCUT2D eigenvalue weighted by molar-refractivity contribution is 5.78. The zero-order valence-electron chi connectivity index (χ0n) is 9.32. The molecule has 2 aromatic rings. The van der Waals surface area contributed by atoms with E-state index in [1.807, 2.05) is 12.3 Å². The van der Waals surface area contributed by atoms with Crippen molar-refractivity contribution in [1.29, 1.82) is 0 Å². The Balaban J connectivity index is 2.23. The molecular formula is C12H16N4. The maximum absolute atomic E-state index is 5.63. The number of nitrogens with zero attached hydrogens (tertiary/aromatic N) is 3. The van der Waals surface area contributed by atoms with Gasteiger partial charge >= 0.3 is 0 Å². The van der Waals surface area contributed by atoms with Gasteiger partial charge in [0.05, 0.1) is 16.7 Å². The number of imidazole rings is 1. The predicted octanol–water partition coefficient (Wildman–Crippen LogP) is 1.27. The van der Waals surface area contributed by atoms with E-state index < -0.39 is 0 Å². The molecule has 84 valence electrons. The molecule has 0 aromatic carbocycles. The van der Waals surface area contributed by atoms with E-state index in [-0.39, 0.29) is 0 Å². The minimum absolute atomic E-state index is 0.645. The largest absolute Gasteiger partial charge is 0.330 e. The fourth-order valence-electron chi connectivity index (χ4n) is 2.50. The lowest BCUT2D eigenvalue weighted by Gasteiger charge is -2.15. The maximum Gasteiger partial charge on any atom is 0.109 e. The Kier molecular flexibility index (Phi) is 2.36. The molecule has 0 saturated heterocycles. The van der Waals surface area contributed by atoms with E-state index in [0.29, 0.717) is 6.54 Å². The summed E-state index contributed by atoms with van der Waals surface area (Å²) in [4.78, 5) is 9.11. The van der Waals surface area contributed by atoms with E-state index in [4.69, 9.17) is 5.73 Å². The van der Waals surface area contributed by atoms with E-state index in [1.54, 1.807) is 0 Å². The Bertz CT molecular complexity index is 515. The van der Waals surface area contributed by atoms with Gasteiger partial charge in [0, 0.05) is 25.6 Å². The molecule has 0 unspecified atom stereocenters. The molecule has 1 aliphatic heterocycles. The second-order valence-corrected chi connectivity index (χ2v) is 4.30. The van der Waals surface area contributed by atoms with Crippen LogP contribution in [-0.2, 0) is 19.4 Å². The number of pyridine rings is 1. The summed E-state index contributed by atoms with van der Waals surface area (Å²) in [5, 5.41) is 0. The summed E-state index contributed by atoms with van der Waals surface area (Å²) in [6.07, 6.45) is 6.27. The van der Waals surface area contributed by atoms with Gasteiger partial charge in [0.25, 0.3) is 0 Å². The maximum atomic E-state index is 5.63. The number of hydrogen-bond acceptors (Lipinski definition) is 3. The fraction of sp³-hybridized carbons (Fsp3) is 0.500. The topological polar surface area (TPSA) is 56.7 Å². The number of nitrogens with two attached hydrogens (primary N) is 1. The second kappa shape index (κ2) is 3.87. The van der Waals surface area contributed by atoms with Crippen molar-refractivity contribution in [1.82, 2.24) is 14.5 Å². The molecular weight excluding hydrogens is 200 g/mol. The minimum Gasteiger partial charge on any atom is -0.330 e. The molecule has 0 spiro atoms. The first-order valence-electron chi connectivity index (χ1n) is 5.93. The van der Waals surface area contributed by atoms with Crippen molar-refractivity contribution in [2.75, 3.05) is 6.54 Å². The van der Waals surface area contributed by atoms with Crippen LogP contribution in [0.2, 0.25) is 0 Å². The molecule has 4 nitrogen and oxygen atoms in total. The average molecular weight is 216 g/mol. The van der Waals surface area contributed by atoms with Gasteiger partial charge in [-0.3, -0.25) is 4.98 Å². The third-order valence-corrected chi connectivity index (χ3v) is 3.22. The van der Waals surface area contributed by atoms with Crippen LogP contribution in [0.1, 0.15) is 24.4 Å². The molecule has 3 rings (SSSR count). The highest BCUT2D eigenvalue weighted by atomic mass is 15.1. The summed E-state index contributed by atoms with van der Waals surface area (Å²) in [5.41, 5.74) is 9.01. The Morgan fingerprint density at radius 1 is 1.38 bits per heavy atom. The van der Waals surface area contributed by atoms with Gasteiger partial charge in [0.15, 0.2) is 0 Å². The number of rotatable bonds is 2. The lowest BCUT2D eigenvalue weighted by molar-refractivity contribution is 0.531. The van der Waals surface area contributed by atoms with Crippen LogP contribution in [0.5, 0.6) is 0 Å². The van der Waals surface area contributed by atoms with Crippen LogP contribution >= 0.6 is 0 Å². The monoisotopic (exact) mass is 216 g/mol. The lowest BCUT2D eigenvalue weighted by Crippen LogP contribution is -2.12. The summed E-state index contributed by atoms with van der Waals surface area (Å²) < 4.78 is 2.33. The molecule has 0 aliphatic carbocycles. The van der Waals surface area contributed by atoms with Gasteiger partial charge in [-0.2, -0.15) is 0 Å². The molecule has 0 amide bonds. The Hall–Kier alpha value is -1.42. The predicted molar refractivity (Wildman–Crippen MR) is 63.2 cm³/mol. The van der Waals surface area contributed by atoms with Gasteiger partial charge in [0.2, 0.25) is 0 Å². The molecule has 4 heteroatoms. The van der Waals surface area contributed by atoms with Gasteiger partial charge in [-0.15, -0.1) is 0 Å². The highest BCUT2D eigenvalue weighted by Gasteiger charge is 2.16. The summed E-state index contributed by atoms with van der Waals surface area (Å²) in [6.45, 7) is 1.72. The number of hydrogen-bond donors (Lipinski definition) is 1. The zero-order chi connectivity index (χ0) is 11.0. The smallest absolute Gasteiger partial charge is 0.109 e. The van der Waals surface area contributed by atoms with Crippen molar-refractivity contribution in [2.45, 2.75) is 32.2 Å². The van der Waals surface area contributed by atoms with Gasteiger partial charge in [-0.1, -0.05) is 0 Å². The first-order chi connectivity index (χ1) is 7.90. The summed E-state index contributed by atoms with van der Waals surface area (Å²) in [5.74, 6) is 1.22. The highest BCUT2D eigenvalue weighted by Crippen LogP contribution is 2.24. The van der Waals surface area contributed by atoms with Crippen LogP contribution in [0.4, 0.5) is 0 Å². The molecule has 2 aromatic heterocycles. The molecule has 0 atom stereocenters. The summed E-state index contributed by atoms with van der Waals surface area (Å²) in [7, 11) is 0. The van der Waals surface area contributed by atoms with Crippen molar-refractivity contribution in [2.24, 2.45) is 5.73 Å². The minimum atomic E-state index is 0.645. The molecule has 1 aliphatic rings. The quantitative estimate of drug-likeness (QED) is 0.822. The summed E-state index contributed by atoms with van der Waals surface area (Å²) in [6, 6.07) is 2.00. The Morgan fingerprint density at radius 2 is 2.31 bits per heavy atom. The molecule has 2 N–H and O–H groups in total. The SMILES string of the molecule is NCCc1nccc2nc3n(c12)CCCC3. The van der Waals surface area contributed by atoms with Gasteiger partial charge in [-0.05, 0) is 25.5 Å². The lowest BCUT2D eigenvalue weighted by atomic mass is 10.1. The van der Waals surface area contributed by atoms with Crippen LogP contribution in [0.15, 0.2) is 12.3 Å². The standard InChI is InChI=1S/C12H16N4/c13-6-4-9-12-10(5-7-14-9)15-11-3-1-2-8-16(11)12/h5,7H,1-4,6,8,13H2. The average Bonchev–Trinajstić information content (AvgIpc) is 2.68. The molecule has 0 fully saturated rings. The van der Waals surface area contributed by atoms with Crippen LogP contribution in [0.3, 0.4) is 0 Å². The van der Waals surface area contributed by atoms with Gasteiger partial charge in [0.1, 0.15) is 5.82 Å². The van der Waals surface area contributed by atoms with Crippen molar-refractivity contribution in [3.63, 3.8) is 0 Å². The summed E-state index contributed by atoms with van der Waals surface area (Å²) >= 11 is 0. The van der Waals surface area contributed by atoms with Crippen molar-refractivity contribution in [3.8, 4) is 0 Å². The molecule has 3 heterocycles. The van der Waals surface area contributed by atoms with E-state index >= 15 is 0 Å². The third kappa shape index (κ3) is 1.41. The van der Waals surface area contributed by atoms with E-state index in [0.717, 1.165) is 30.6 Å². The van der Waals surface area contributed by atoms with Crippen LogP contribution in [0, 0.1) is 0 Å². The normalized spacial score (nSPS) is 15.3. The fourth-order valence-corrected chi connectivity index (χ4v) is 2.50. The molecule has 0 bridgehead atoms. The van der Waals surface area contributed by atoms with E-state index in [9.17, 15) is 0 Å². The van der Waals surface area contributed by atoms with Gasteiger partial charge < -0.3 is 10.3 Å². The van der Waals surface area contributed by atoms with Crippen LogP contribution < -0.4 is 5.73 Å². The Labute approximate surface area is 94.5 Å². The van der Waals surface area contributed by atoms with E-state index in [1.165, 1.54) is 24.2 Å². The third-order valence-electron chi connectivity index (χ3n) is 3.22. The van der Waals surface area contributed by atoms with Crippen molar-refractivity contribution < 1.29 is 0 Å². The Morgan fingerprint density at radius 3 is 3.19 bits per heavy atom. The second-order valence-electron chi connectivity index (χ2n) is 4.30. The number of aromatic nitrogens is 3. The number of aryl methyl sites for hydroxylation is 2. The van der Waals surface area contributed by atoms with Crippen molar-refractivity contribution in [3.05, 3.63) is 23.8 Å². The van der Waals surface area contributed by atoms with Crippen LogP contribution in [-0.4, -0.2) is 21.1 Å². The number of fused-ring (bicyclic) bond motifs is 3. The van der Waals surface area contributed by atoms with Crippen molar-refractivity contribution >= 4 is 11.0 Å². The molecule has 0 saturated carbocycles.